The molecule has 3 nitrogen and oxygen atoms in total. The summed E-state index contributed by atoms with van der Waals surface area (Å²) in [5.74, 6) is -0.218. The zero-order valence-electron chi connectivity index (χ0n) is 8.32. The molecule has 76 valence electrons. The minimum absolute atomic E-state index is 0.110. The first kappa shape index (κ1) is 10.5. The van der Waals surface area contributed by atoms with E-state index in [0.29, 0.717) is 6.61 Å². The van der Waals surface area contributed by atoms with Crippen LogP contribution in [0.1, 0.15) is 33.1 Å². The highest BCUT2D eigenvalue weighted by Crippen LogP contribution is 2.32. The van der Waals surface area contributed by atoms with E-state index in [9.17, 15) is 9.90 Å². The first-order valence-electron chi connectivity index (χ1n) is 5.01. The Morgan fingerprint density at radius 2 is 2.31 bits per heavy atom. The number of esters is 1. The maximum absolute atomic E-state index is 11.3. The van der Waals surface area contributed by atoms with Gasteiger partial charge in [-0.15, -0.1) is 0 Å². The van der Waals surface area contributed by atoms with Crippen molar-refractivity contribution in [1.82, 2.24) is 0 Å². The Bertz CT molecular complexity index is 179. The lowest BCUT2D eigenvalue weighted by molar-refractivity contribution is -0.150. The molecule has 0 aliphatic heterocycles. The van der Waals surface area contributed by atoms with Crippen molar-refractivity contribution < 1.29 is 14.6 Å². The lowest BCUT2D eigenvalue weighted by Crippen LogP contribution is -2.28. The molecule has 3 heteroatoms. The van der Waals surface area contributed by atoms with E-state index >= 15 is 0 Å². The van der Waals surface area contributed by atoms with Crippen molar-refractivity contribution in [2.75, 3.05) is 6.61 Å². The molecule has 0 aromatic carbocycles. The Morgan fingerprint density at radius 3 is 2.77 bits per heavy atom. The molecule has 0 aromatic rings. The van der Waals surface area contributed by atoms with Crippen LogP contribution in [0.4, 0.5) is 0 Å². The van der Waals surface area contributed by atoms with E-state index in [4.69, 9.17) is 4.74 Å². The molecular weight excluding hydrogens is 168 g/mol. The van der Waals surface area contributed by atoms with Crippen LogP contribution in [0.5, 0.6) is 0 Å². The van der Waals surface area contributed by atoms with E-state index in [1.807, 2.05) is 6.92 Å². The minimum Gasteiger partial charge on any atom is -0.466 e. The fourth-order valence-electron chi connectivity index (χ4n) is 2.00. The molecule has 0 spiro atoms. The normalized spacial score (nSPS) is 30.1. The van der Waals surface area contributed by atoms with E-state index in [1.54, 1.807) is 6.92 Å². The van der Waals surface area contributed by atoms with E-state index in [2.05, 4.69) is 0 Å². The van der Waals surface area contributed by atoms with Crippen molar-refractivity contribution in [3.8, 4) is 0 Å². The van der Waals surface area contributed by atoms with Gasteiger partial charge >= 0.3 is 5.97 Å². The summed E-state index contributed by atoms with van der Waals surface area (Å²) < 4.78 is 4.91. The summed E-state index contributed by atoms with van der Waals surface area (Å²) in [6, 6.07) is 0. The summed E-state index contributed by atoms with van der Waals surface area (Å²) in [7, 11) is 0. The predicted molar refractivity (Wildman–Crippen MR) is 49.1 cm³/mol. The van der Waals surface area contributed by atoms with Gasteiger partial charge in [-0.25, -0.2) is 0 Å². The summed E-state index contributed by atoms with van der Waals surface area (Å²) in [5.41, 5.74) is 0. The van der Waals surface area contributed by atoms with Gasteiger partial charge in [0.15, 0.2) is 0 Å². The molecule has 3 atom stereocenters. The summed E-state index contributed by atoms with van der Waals surface area (Å²) >= 11 is 0. The SMILES string of the molecule is CCOC(=O)C(C)[C@H]1CCC[C@@H]1O. The predicted octanol–water partition coefficient (Wildman–Crippen LogP) is 1.35. The minimum atomic E-state index is -0.306. The first-order chi connectivity index (χ1) is 6.16. The van der Waals surface area contributed by atoms with Gasteiger partial charge in [-0.1, -0.05) is 13.3 Å². The quantitative estimate of drug-likeness (QED) is 0.677. The van der Waals surface area contributed by atoms with Gasteiger partial charge < -0.3 is 9.84 Å². The number of ether oxygens (including phenoxy) is 1. The van der Waals surface area contributed by atoms with Crippen molar-refractivity contribution in [2.45, 2.75) is 39.2 Å². The fraction of sp³-hybridized carbons (Fsp3) is 0.900. The molecule has 0 saturated heterocycles. The second-order valence-electron chi connectivity index (χ2n) is 3.70. The Labute approximate surface area is 79.1 Å². The molecule has 0 aromatic heterocycles. The van der Waals surface area contributed by atoms with Crippen molar-refractivity contribution in [3.05, 3.63) is 0 Å². The topological polar surface area (TPSA) is 46.5 Å². The maximum atomic E-state index is 11.3. The highest BCUT2D eigenvalue weighted by Gasteiger charge is 2.34. The van der Waals surface area contributed by atoms with Gasteiger partial charge in [0.2, 0.25) is 0 Å². The van der Waals surface area contributed by atoms with Crippen molar-refractivity contribution >= 4 is 5.97 Å². The van der Waals surface area contributed by atoms with Crippen LogP contribution in [0.25, 0.3) is 0 Å². The Morgan fingerprint density at radius 1 is 1.62 bits per heavy atom. The molecular formula is C10H18O3. The molecule has 1 unspecified atom stereocenters. The zero-order valence-corrected chi connectivity index (χ0v) is 8.32. The first-order valence-corrected chi connectivity index (χ1v) is 5.01. The third-order valence-electron chi connectivity index (χ3n) is 2.83. The third kappa shape index (κ3) is 2.44. The van der Waals surface area contributed by atoms with Gasteiger partial charge in [0.25, 0.3) is 0 Å². The third-order valence-corrected chi connectivity index (χ3v) is 2.83. The van der Waals surface area contributed by atoms with Gasteiger partial charge in [-0.3, -0.25) is 4.79 Å². The van der Waals surface area contributed by atoms with Crippen LogP contribution in [0.2, 0.25) is 0 Å². The molecule has 0 radical (unpaired) electrons. The zero-order chi connectivity index (χ0) is 9.84. The van der Waals surface area contributed by atoms with E-state index < -0.39 is 0 Å². The number of hydrogen-bond acceptors (Lipinski definition) is 3. The lowest BCUT2D eigenvalue weighted by Gasteiger charge is -2.20. The number of aliphatic hydroxyl groups excluding tert-OH is 1. The highest BCUT2D eigenvalue weighted by molar-refractivity contribution is 5.72. The summed E-state index contributed by atoms with van der Waals surface area (Å²) in [6.07, 6.45) is 2.49. The number of aliphatic hydroxyl groups is 1. The number of carbonyl (C=O) groups excluding carboxylic acids is 1. The summed E-state index contributed by atoms with van der Waals surface area (Å²) in [6.45, 7) is 4.07. The van der Waals surface area contributed by atoms with Gasteiger partial charge in [0.1, 0.15) is 0 Å². The molecule has 1 N–H and O–H groups in total. The molecule has 1 aliphatic rings. The maximum Gasteiger partial charge on any atom is 0.309 e. The van der Waals surface area contributed by atoms with Crippen molar-refractivity contribution in [1.29, 1.82) is 0 Å². The monoisotopic (exact) mass is 186 g/mol. The van der Waals surface area contributed by atoms with Crippen LogP contribution >= 0.6 is 0 Å². The molecule has 0 heterocycles. The molecule has 0 amide bonds. The standard InChI is InChI=1S/C10H18O3/c1-3-13-10(12)7(2)8-5-4-6-9(8)11/h7-9,11H,3-6H2,1-2H3/t7?,8-,9+/m1/s1. The average Bonchev–Trinajstić information content (AvgIpc) is 2.50. The number of rotatable bonds is 3. The van der Waals surface area contributed by atoms with Crippen LogP contribution in [-0.4, -0.2) is 23.8 Å². The Hall–Kier alpha value is -0.570. The smallest absolute Gasteiger partial charge is 0.309 e. The van der Waals surface area contributed by atoms with Gasteiger partial charge in [-0.05, 0) is 25.7 Å². The summed E-state index contributed by atoms with van der Waals surface area (Å²) in [5, 5.41) is 9.57. The Balaban J connectivity index is 2.45. The second-order valence-corrected chi connectivity index (χ2v) is 3.70. The second kappa shape index (κ2) is 4.61. The largest absolute Gasteiger partial charge is 0.466 e. The van der Waals surface area contributed by atoms with E-state index in [1.165, 1.54) is 0 Å². The molecule has 1 aliphatic carbocycles. The van der Waals surface area contributed by atoms with Crippen LogP contribution in [0, 0.1) is 11.8 Å². The van der Waals surface area contributed by atoms with E-state index in [-0.39, 0.29) is 23.9 Å². The molecule has 1 fully saturated rings. The Kier molecular flexibility index (Phi) is 3.72. The number of hydrogen-bond donors (Lipinski definition) is 1. The molecule has 0 bridgehead atoms. The number of carbonyl (C=O) groups is 1. The van der Waals surface area contributed by atoms with Gasteiger partial charge in [0, 0.05) is 0 Å². The molecule has 13 heavy (non-hydrogen) atoms. The van der Waals surface area contributed by atoms with Crippen LogP contribution in [0.15, 0.2) is 0 Å². The van der Waals surface area contributed by atoms with Crippen molar-refractivity contribution in [2.24, 2.45) is 11.8 Å². The average molecular weight is 186 g/mol. The fourth-order valence-corrected chi connectivity index (χ4v) is 2.00. The van der Waals surface area contributed by atoms with Crippen molar-refractivity contribution in [3.63, 3.8) is 0 Å². The summed E-state index contributed by atoms with van der Waals surface area (Å²) in [4.78, 5) is 11.3. The van der Waals surface area contributed by atoms with Crippen LogP contribution < -0.4 is 0 Å². The molecule has 1 saturated carbocycles. The highest BCUT2D eigenvalue weighted by atomic mass is 16.5. The van der Waals surface area contributed by atoms with Gasteiger partial charge in [0.05, 0.1) is 18.6 Å². The lowest BCUT2D eigenvalue weighted by atomic mass is 9.91. The van der Waals surface area contributed by atoms with Gasteiger partial charge in [-0.2, -0.15) is 0 Å². The van der Waals surface area contributed by atoms with Crippen LogP contribution in [0.3, 0.4) is 0 Å². The van der Waals surface area contributed by atoms with Crippen LogP contribution in [-0.2, 0) is 9.53 Å². The van der Waals surface area contributed by atoms with E-state index in [0.717, 1.165) is 19.3 Å². The molecule has 1 rings (SSSR count).